The molecule has 0 aromatic heterocycles. The molecule has 15 nitrogen and oxygen atoms in total. The summed E-state index contributed by atoms with van der Waals surface area (Å²) in [5.74, 6) is -2.71. The van der Waals surface area contributed by atoms with Gasteiger partial charge >= 0.3 is 127 Å². The number of carbonyl (C=O) groups is 7. The quantitative estimate of drug-likeness (QED) is 0.0289. The van der Waals surface area contributed by atoms with Gasteiger partial charge in [0.05, 0.1) is 58.1 Å². The van der Waals surface area contributed by atoms with E-state index in [9.17, 15) is 28.8 Å². The molecule has 0 bridgehead atoms. The molecule has 0 spiro atoms. The second-order valence-corrected chi connectivity index (χ2v) is 13.7. The van der Waals surface area contributed by atoms with Crippen LogP contribution >= 0.6 is 15.9 Å². The van der Waals surface area contributed by atoms with Gasteiger partial charge in [0.15, 0.2) is 11.7 Å². The van der Waals surface area contributed by atoms with Crippen LogP contribution in [0.1, 0.15) is 60.0 Å². The van der Waals surface area contributed by atoms with E-state index in [-0.39, 0.29) is 159 Å². The molecule has 2 heterocycles. The van der Waals surface area contributed by atoms with Crippen molar-refractivity contribution in [3.8, 4) is 0 Å². The largest absolute Gasteiger partial charge is 1.00 e. The Morgan fingerprint density at radius 3 is 1.53 bits per heavy atom. The first-order valence-corrected chi connectivity index (χ1v) is 20.2. The van der Waals surface area contributed by atoms with E-state index in [4.69, 9.17) is 65.9 Å². The molecule has 0 saturated carbocycles. The number of hydrogen-bond acceptors (Lipinski definition) is 14. The molecule has 64 heavy (non-hydrogen) atoms. The molecule has 2 aliphatic heterocycles. The molecule has 4 rings (SSSR count). The molecular weight excluding hydrogens is 958 g/mol. The number of Topliss-reactive ketones (excluding diaryl/α,β-unsaturated/α-hetero) is 2. The summed E-state index contributed by atoms with van der Waals surface area (Å²) in [6, 6.07) is 14.4. The van der Waals surface area contributed by atoms with Gasteiger partial charge in [-0.1, -0.05) is 40.2 Å². The Kier molecular flexibility index (Phi) is 45.7. The van der Waals surface area contributed by atoms with Gasteiger partial charge in [-0.15, -0.1) is 0 Å². The third kappa shape index (κ3) is 28.9. The van der Waals surface area contributed by atoms with Crippen molar-refractivity contribution in [1.29, 1.82) is 0 Å². The Bertz CT molecular complexity index is 1660. The van der Waals surface area contributed by atoms with Gasteiger partial charge in [0.2, 0.25) is 0 Å². The first kappa shape index (κ1) is 70.3. The molecule has 2 fully saturated rings. The van der Waals surface area contributed by atoms with Crippen molar-refractivity contribution in [3.63, 3.8) is 0 Å². The smallest absolute Gasteiger partial charge is 1.00 e. The normalized spacial score (nSPS) is 14.5. The van der Waals surface area contributed by atoms with Gasteiger partial charge in [0, 0.05) is 103 Å². The number of esters is 4. The summed E-state index contributed by atoms with van der Waals surface area (Å²) in [5.41, 5.74) is 3.23. The summed E-state index contributed by atoms with van der Waals surface area (Å²) in [5, 5.41) is 11.2. The van der Waals surface area contributed by atoms with E-state index in [1.54, 1.807) is 38.1 Å². The number of halogens is 2. The Hall–Kier alpha value is -0.298. The molecule has 2 aromatic rings. The third-order valence-electron chi connectivity index (χ3n) is 8.72. The molecule has 0 aliphatic carbocycles. The van der Waals surface area contributed by atoms with Gasteiger partial charge in [-0.3, -0.25) is 28.9 Å². The van der Waals surface area contributed by atoms with Crippen molar-refractivity contribution < 1.29 is 185 Å². The molecular formula is C35H46B10BrClK2N2O13. The van der Waals surface area contributed by atoms with E-state index in [2.05, 4.69) is 35.2 Å². The Morgan fingerprint density at radius 2 is 1.19 bits per heavy atom. The molecule has 2 saturated heterocycles. The molecule has 2 aliphatic rings. The van der Waals surface area contributed by atoms with Crippen LogP contribution in [0.15, 0.2) is 48.5 Å². The van der Waals surface area contributed by atoms with Crippen molar-refractivity contribution in [2.24, 2.45) is 11.8 Å². The van der Waals surface area contributed by atoms with Crippen molar-refractivity contribution in [1.82, 2.24) is 4.90 Å². The fourth-order valence-corrected chi connectivity index (χ4v) is 5.90. The first-order valence-electron chi connectivity index (χ1n) is 19.0. The second-order valence-electron chi connectivity index (χ2n) is 13.1. The number of alkyl halides is 1. The number of ether oxygens (including phenoxy) is 4. The summed E-state index contributed by atoms with van der Waals surface area (Å²) in [6.07, 6.45) is -1.60. The van der Waals surface area contributed by atoms with E-state index < -0.39 is 43.3 Å². The van der Waals surface area contributed by atoms with Gasteiger partial charge in [-0.25, -0.2) is 9.59 Å². The number of piperidine rings is 2. The number of benzene rings is 2. The number of rotatable bonds is 13. The topological polar surface area (TPSA) is 209 Å². The fourth-order valence-electron chi connectivity index (χ4n) is 5.53. The van der Waals surface area contributed by atoms with Gasteiger partial charge in [-0.2, -0.15) is 0 Å². The summed E-state index contributed by atoms with van der Waals surface area (Å²) in [7, 11) is 34.5. The van der Waals surface area contributed by atoms with Gasteiger partial charge < -0.3 is 48.2 Å². The Balaban J connectivity index is -0.000000247. The van der Waals surface area contributed by atoms with Crippen molar-refractivity contribution in [2.75, 3.05) is 53.6 Å². The number of carbonyl (C=O) groups excluding carboxylic acids is 7. The minimum absolute atomic E-state index is 0. The molecule has 12 radical (unpaired) electrons. The number of likely N-dealkylation sites (tertiary alicyclic amines) is 1. The average Bonchev–Trinajstić information content (AvgIpc) is 3.24. The average molecular weight is 1000 g/mol. The van der Waals surface area contributed by atoms with Crippen LogP contribution in [0.4, 0.5) is 0 Å². The molecule has 320 valence electrons. The molecule has 2 aromatic carbocycles. The minimum atomic E-state index is -0.696. The molecule has 2 atom stereocenters. The van der Waals surface area contributed by atoms with E-state index in [0.29, 0.717) is 56.8 Å². The van der Waals surface area contributed by atoms with E-state index in [0.717, 1.165) is 23.0 Å². The minimum Gasteiger partial charge on any atom is -1.00 e. The van der Waals surface area contributed by atoms with Crippen LogP contribution in [0.3, 0.4) is 0 Å². The maximum atomic E-state index is 11.9. The van der Waals surface area contributed by atoms with Crippen molar-refractivity contribution >= 4 is 130 Å². The number of hydrogen-bond donors (Lipinski definition) is 1. The molecule has 0 amide bonds. The summed E-state index contributed by atoms with van der Waals surface area (Å²) >= 11 is 3.32. The maximum Gasteiger partial charge on any atom is 1.00 e. The number of nitrogens with zero attached hydrogens (tertiary/aromatic N) is 1. The standard InChI is InChI=1S/C17H21NO5.C9H9BrO2.C8H13NO3.CH2O3.B10.ClH.2K.H/c1-3-23-17(21)14-11-18(9-8-15(14)19)10-12-4-6-13(7-5-12)16(20)22-2;1-12-9(11)8-4-2-7(6-10)3-5-8;1-2-12-8(11)6-5-9-4-3-7(6)10;2-1-4-3;1-7(2)10(8(3)4)9(5)6;;;;/h4-7,14H,3,8-11H2,1-2H3;2-5H,6H2,1H3;6,9H,2-5H2,1H3;1,3H;;1H;;;/q;;;;;;2*+1;-1/p-1. The summed E-state index contributed by atoms with van der Waals surface area (Å²) < 4.78 is 19.0. The van der Waals surface area contributed by atoms with Crippen LogP contribution in [0.5, 0.6) is 0 Å². The maximum absolute atomic E-state index is 11.9. The van der Waals surface area contributed by atoms with Gasteiger partial charge in [0.25, 0.3) is 6.47 Å². The predicted molar refractivity (Wildman–Crippen MR) is 240 cm³/mol. The monoisotopic (exact) mass is 1000 g/mol. The van der Waals surface area contributed by atoms with Crippen LogP contribution in [0, 0.1) is 11.8 Å². The third-order valence-corrected chi connectivity index (χ3v) is 9.36. The Labute approximate surface area is 487 Å². The first-order chi connectivity index (χ1) is 29.0. The van der Waals surface area contributed by atoms with Crippen LogP contribution in [0.25, 0.3) is 0 Å². The number of nitrogens with two attached hydrogens (primary N) is 1. The number of ketones is 2. The van der Waals surface area contributed by atoms with Crippen molar-refractivity contribution in [3.05, 3.63) is 70.8 Å². The van der Waals surface area contributed by atoms with Crippen LogP contribution in [0.2, 0.25) is 0 Å². The van der Waals surface area contributed by atoms with Gasteiger partial charge in [0.1, 0.15) is 11.7 Å². The zero-order valence-electron chi connectivity index (χ0n) is 38.3. The molecule has 2 N–H and O–H groups in total. The van der Waals surface area contributed by atoms with Crippen molar-refractivity contribution in [2.45, 2.75) is 38.6 Å². The SMILES string of the molecule is CCOC(=O)C1CN(Cc2ccc(C(=O)OC)cc2)CCC1=O.CCOC(=O)C1C[NH2+]CCC1=O.COC(=O)c1ccc(CBr)cc1.O=CO[O-].[B]B([B])B(B([B])[B])B([B])[B].[Cl-].[H-].[K+].[K+]. The number of methoxy groups -OCH3 is 2. The van der Waals surface area contributed by atoms with E-state index >= 15 is 0 Å². The predicted octanol–water partition coefficient (Wildman–Crippen LogP) is -11.8. The van der Waals surface area contributed by atoms with E-state index in [1.165, 1.54) is 14.2 Å². The van der Waals surface area contributed by atoms with E-state index in [1.807, 2.05) is 29.6 Å². The Morgan fingerprint density at radius 1 is 0.781 bits per heavy atom. The number of quaternary nitrogens is 1. The van der Waals surface area contributed by atoms with Crippen LogP contribution < -0.4 is 126 Å². The van der Waals surface area contributed by atoms with Crippen LogP contribution in [-0.2, 0) is 59.7 Å². The van der Waals surface area contributed by atoms with Gasteiger partial charge in [-0.05, 0) is 49.2 Å². The second kappa shape index (κ2) is 41.7. The fraction of sp³-hybridized carbons (Fsp3) is 0.457. The van der Waals surface area contributed by atoms with Crippen LogP contribution in [-0.4, -0.2) is 172 Å². The molecule has 2 unspecified atom stereocenters. The molecule has 29 heteroatoms. The summed E-state index contributed by atoms with van der Waals surface area (Å²) in [4.78, 5) is 81.7. The zero-order chi connectivity index (χ0) is 46.5. The summed E-state index contributed by atoms with van der Waals surface area (Å²) in [6.45, 7) is 6.88. The zero-order valence-corrected chi connectivity index (χ0v) is 45.9.